The highest BCUT2D eigenvalue weighted by atomic mass is 32.1. The largest absolute Gasteiger partial charge is 0.616 e. The second-order valence-electron chi connectivity index (χ2n) is 6.01. The minimum absolute atomic E-state index is 0.0772. The van der Waals surface area contributed by atoms with E-state index in [9.17, 15) is 10.0 Å². The van der Waals surface area contributed by atoms with Crippen LogP contribution in [0.25, 0.3) is 11.3 Å². The number of nitrogens with zero attached hydrogens (tertiary/aromatic N) is 2. The number of hydrogen-bond acceptors (Lipinski definition) is 5. The molecule has 0 fully saturated rings. The predicted octanol–water partition coefficient (Wildman–Crippen LogP) is 3.39. The molecule has 0 aliphatic heterocycles. The zero-order chi connectivity index (χ0) is 18.7. The van der Waals surface area contributed by atoms with E-state index in [1.165, 1.54) is 29.2 Å². The molecule has 26 heavy (non-hydrogen) atoms. The second-order valence-corrected chi connectivity index (χ2v) is 6.87. The number of pyridine rings is 1. The summed E-state index contributed by atoms with van der Waals surface area (Å²) in [7, 11) is 0. The van der Waals surface area contributed by atoms with Crippen LogP contribution < -0.4 is 14.8 Å². The van der Waals surface area contributed by atoms with Crippen molar-refractivity contribution in [1.29, 1.82) is 0 Å². The maximum absolute atomic E-state index is 12.0. The van der Waals surface area contributed by atoms with Crippen molar-refractivity contribution < 1.29 is 14.3 Å². The number of aromatic nitrogens is 2. The Bertz CT molecular complexity index is 930. The summed E-state index contributed by atoms with van der Waals surface area (Å²) in [5.41, 5.74) is 5.43. The van der Waals surface area contributed by atoms with Gasteiger partial charge in [-0.25, -0.2) is 4.98 Å². The standard InChI is InChI=1S/C19H19N3O3S/c1-12-8-13(2)18(14(3)9-12)15-11-26-19(20-15)21-16(23)10-25-17-6-4-5-7-22(17)24/h4-9,11H,10H2,1-3H3,(H,20,21,23). The van der Waals surface area contributed by atoms with Gasteiger partial charge < -0.3 is 9.94 Å². The SMILES string of the molecule is Cc1cc(C)c(-c2csc(NC(=O)COc3cccc[n+]3[O-])n2)c(C)c1. The van der Waals surface area contributed by atoms with Crippen molar-refractivity contribution in [1.82, 2.24) is 4.98 Å². The van der Waals surface area contributed by atoms with E-state index in [1.54, 1.807) is 12.1 Å². The van der Waals surface area contributed by atoms with Crippen molar-refractivity contribution >= 4 is 22.4 Å². The fraction of sp³-hybridized carbons (Fsp3) is 0.211. The number of benzene rings is 1. The number of nitrogens with one attached hydrogen (secondary N) is 1. The van der Waals surface area contributed by atoms with Gasteiger partial charge in [0.05, 0.1) is 11.8 Å². The van der Waals surface area contributed by atoms with Crippen LogP contribution in [0.5, 0.6) is 5.88 Å². The lowest BCUT2D eigenvalue weighted by atomic mass is 9.98. The Balaban J connectivity index is 1.67. The molecule has 2 heterocycles. The van der Waals surface area contributed by atoms with Crippen LogP contribution in [0.2, 0.25) is 0 Å². The number of aryl methyl sites for hydroxylation is 3. The predicted molar refractivity (Wildman–Crippen MR) is 101 cm³/mol. The Morgan fingerprint density at radius 3 is 2.69 bits per heavy atom. The molecule has 2 aromatic heterocycles. The number of anilines is 1. The molecule has 0 aliphatic rings. The van der Waals surface area contributed by atoms with Crippen LogP contribution >= 0.6 is 11.3 Å². The molecule has 1 aromatic carbocycles. The van der Waals surface area contributed by atoms with Gasteiger partial charge in [0, 0.05) is 17.0 Å². The quantitative estimate of drug-likeness (QED) is 0.552. The summed E-state index contributed by atoms with van der Waals surface area (Å²) in [5.74, 6) is -0.291. The molecule has 7 heteroatoms. The van der Waals surface area contributed by atoms with Gasteiger partial charge >= 0.3 is 5.88 Å². The molecular weight excluding hydrogens is 350 g/mol. The topological polar surface area (TPSA) is 78.2 Å². The van der Waals surface area contributed by atoms with Crippen molar-refractivity contribution in [3.8, 4) is 17.1 Å². The molecule has 0 aliphatic carbocycles. The summed E-state index contributed by atoms with van der Waals surface area (Å²) < 4.78 is 5.80. The smallest absolute Gasteiger partial charge is 0.379 e. The summed E-state index contributed by atoms with van der Waals surface area (Å²) in [5, 5.41) is 16.6. The molecule has 134 valence electrons. The van der Waals surface area contributed by atoms with Crippen molar-refractivity contribution in [2.24, 2.45) is 0 Å². The van der Waals surface area contributed by atoms with Crippen molar-refractivity contribution in [2.45, 2.75) is 20.8 Å². The van der Waals surface area contributed by atoms with Gasteiger partial charge in [-0.05, 0) is 38.0 Å². The molecule has 3 rings (SSSR count). The number of amides is 1. The van der Waals surface area contributed by atoms with Gasteiger partial charge in [-0.15, -0.1) is 16.1 Å². The van der Waals surface area contributed by atoms with E-state index in [0.29, 0.717) is 9.86 Å². The van der Waals surface area contributed by atoms with Gasteiger partial charge in [-0.1, -0.05) is 17.7 Å². The van der Waals surface area contributed by atoms with Crippen molar-refractivity contribution in [3.63, 3.8) is 0 Å². The lowest BCUT2D eigenvalue weighted by molar-refractivity contribution is -0.612. The first-order valence-corrected chi connectivity index (χ1v) is 8.96. The Morgan fingerprint density at radius 2 is 2.00 bits per heavy atom. The number of thiazole rings is 1. The molecule has 1 amide bonds. The molecule has 0 spiro atoms. The van der Waals surface area contributed by atoms with Crippen molar-refractivity contribution in [2.75, 3.05) is 11.9 Å². The average molecular weight is 369 g/mol. The van der Waals surface area contributed by atoms with Gasteiger partial charge in [-0.3, -0.25) is 10.1 Å². The van der Waals surface area contributed by atoms with Crippen LogP contribution in [0.4, 0.5) is 5.13 Å². The molecule has 3 aromatic rings. The number of carbonyl (C=O) groups is 1. The zero-order valence-electron chi connectivity index (χ0n) is 14.8. The summed E-state index contributed by atoms with van der Waals surface area (Å²) in [6, 6.07) is 9.00. The first-order chi connectivity index (χ1) is 12.4. The first kappa shape index (κ1) is 17.9. The number of carbonyl (C=O) groups excluding carboxylic acids is 1. The second kappa shape index (κ2) is 7.53. The van der Waals surface area contributed by atoms with Gasteiger partial charge in [0.15, 0.2) is 17.9 Å². The molecule has 0 atom stereocenters. The molecule has 0 radical (unpaired) electrons. The van der Waals surface area contributed by atoms with E-state index in [4.69, 9.17) is 4.74 Å². The molecule has 1 N–H and O–H groups in total. The van der Waals surface area contributed by atoms with Gasteiger partial charge in [0.2, 0.25) is 0 Å². The molecule has 0 saturated carbocycles. The van der Waals surface area contributed by atoms with Crippen LogP contribution in [-0.4, -0.2) is 17.5 Å². The van der Waals surface area contributed by atoms with Crippen LogP contribution in [0.1, 0.15) is 16.7 Å². The highest BCUT2D eigenvalue weighted by Gasteiger charge is 2.13. The van der Waals surface area contributed by atoms with Crippen LogP contribution in [0.3, 0.4) is 0 Å². The van der Waals surface area contributed by atoms with E-state index in [1.807, 2.05) is 5.38 Å². The molecule has 6 nitrogen and oxygen atoms in total. The van der Waals surface area contributed by atoms with Crippen LogP contribution in [0, 0.1) is 26.0 Å². The third-order valence-corrected chi connectivity index (χ3v) is 4.58. The van der Waals surface area contributed by atoms with Crippen LogP contribution in [0.15, 0.2) is 41.9 Å². The lowest BCUT2D eigenvalue weighted by Gasteiger charge is -2.08. The van der Waals surface area contributed by atoms with E-state index in [-0.39, 0.29) is 18.4 Å². The van der Waals surface area contributed by atoms with Gasteiger partial charge in [0.25, 0.3) is 5.91 Å². The maximum atomic E-state index is 12.0. The Labute approximate surface area is 155 Å². The summed E-state index contributed by atoms with van der Waals surface area (Å²) in [4.78, 5) is 16.5. The van der Waals surface area contributed by atoms with Gasteiger partial charge in [0.1, 0.15) is 0 Å². The first-order valence-electron chi connectivity index (χ1n) is 8.08. The molecule has 0 bridgehead atoms. The highest BCUT2D eigenvalue weighted by molar-refractivity contribution is 7.14. The Morgan fingerprint density at radius 1 is 1.27 bits per heavy atom. The minimum Gasteiger partial charge on any atom is -0.616 e. The van der Waals surface area contributed by atoms with E-state index < -0.39 is 0 Å². The number of rotatable bonds is 5. The zero-order valence-corrected chi connectivity index (χ0v) is 15.6. The van der Waals surface area contributed by atoms with E-state index in [0.717, 1.165) is 22.4 Å². The Hall–Kier alpha value is -2.93. The summed E-state index contributed by atoms with van der Waals surface area (Å²) in [6.07, 6.45) is 1.31. The van der Waals surface area contributed by atoms with Crippen molar-refractivity contribution in [3.05, 3.63) is 63.8 Å². The lowest BCUT2D eigenvalue weighted by Crippen LogP contribution is -2.30. The molecule has 0 saturated heterocycles. The van der Waals surface area contributed by atoms with Crippen LogP contribution in [-0.2, 0) is 4.79 Å². The highest BCUT2D eigenvalue weighted by Crippen LogP contribution is 2.31. The minimum atomic E-state index is -0.368. The fourth-order valence-corrected chi connectivity index (χ4v) is 3.57. The summed E-state index contributed by atoms with van der Waals surface area (Å²) in [6.45, 7) is 5.91. The molecular formula is C19H19N3O3S. The summed E-state index contributed by atoms with van der Waals surface area (Å²) >= 11 is 1.35. The fourth-order valence-electron chi connectivity index (χ4n) is 2.85. The maximum Gasteiger partial charge on any atom is 0.379 e. The third kappa shape index (κ3) is 4.00. The Kier molecular flexibility index (Phi) is 5.18. The monoisotopic (exact) mass is 369 g/mol. The van der Waals surface area contributed by atoms with Gasteiger partial charge in [-0.2, -0.15) is 0 Å². The number of ether oxygens (including phenoxy) is 1. The average Bonchev–Trinajstić information content (AvgIpc) is 3.01. The normalized spacial score (nSPS) is 10.6. The molecule has 0 unspecified atom stereocenters. The van der Waals surface area contributed by atoms with E-state index in [2.05, 4.69) is 43.2 Å². The third-order valence-electron chi connectivity index (χ3n) is 3.82. The number of hydrogen-bond donors (Lipinski definition) is 1. The van der Waals surface area contributed by atoms with E-state index >= 15 is 0 Å².